The molecule has 1 aromatic heterocycles. The average molecular weight is 349 g/mol. The molecule has 1 aliphatic carbocycles. The molecule has 1 amide bonds. The maximum atomic E-state index is 12.3. The Bertz CT molecular complexity index is 667. The van der Waals surface area contributed by atoms with Crippen LogP contribution in [0, 0.1) is 0 Å². The second kappa shape index (κ2) is 5.97. The van der Waals surface area contributed by atoms with Crippen molar-refractivity contribution in [3.63, 3.8) is 0 Å². The highest BCUT2D eigenvalue weighted by molar-refractivity contribution is 9.10. The second-order valence-corrected chi connectivity index (χ2v) is 6.25. The fourth-order valence-electron chi connectivity index (χ4n) is 2.81. The lowest BCUT2D eigenvalue weighted by molar-refractivity contribution is -0.122. The highest BCUT2D eigenvalue weighted by atomic mass is 79.9. The van der Waals surface area contributed by atoms with Gasteiger partial charge in [-0.15, -0.1) is 10.2 Å². The summed E-state index contributed by atoms with van der Waals surface area (Å²) in [5.74, 6) is 0.969. The zero-order valence-corrected chi connectivity index (χ0v) is 13.4. The van der Waals surface area contributed by atoms with Crippen molar-refractivity contribution in [1.82, 2.24) is 20.1 Å². The molecular formula is C15H17BrN4O. The summed E-state index contributed by atoms with van der Waals surface area (Å²) < 4.78 is 2.94. The molecule has 0 aliphatic heterocycles. The summed E-state index contributed by atoms with van der Waals surface area (Å²) in [5.41, 5.74) is 2.44. The molecule has 2 aromatic rings. The van der Waals surface area contributed by atoms with Gasteiger partial charge in [0.2, 0.25) is 5.91 Å². The first-order valence-electron chi connectivity index (χ1n) is 7.04. The van der Waals surface area contributed by atoms with Gasteiger partial charge >= 0.3 is 0 Å². The quantitative estimate of drug-likeness (QED) is 0.918. The molecule has 1 unspecified atom stereocenters. The molecule has 5 nitrogen and oxygen atoms in total. The van der Waals surface area contributed by atoms with Crippen molar-refractivity contribution in [3.8, 4) is 0 Å². The number of hydrogen-bond donors (Lipinski definition) is 1. The van der Waals surface area contributed by atoms with Gasteiger partial charge in [0, 0.05) is 24.5 Å². The summed E-state index contributed by atoms with van der Waals surface area (Å²) in [7, 11) is 1.90. The average Bonchev–Trinajstić information content (AvgIpc) is 3.05. The summed E-state index contributed by atoms with van der Waals surface area (Å²) in [5, 5.41) is 10.9. The molecule has 0 radical (unpaired) electrons. The number of aromatic nitrogens is 3. The number of halogens is 1. The van der Waals surface area contributed by atoms with E-state index in [4.69, 9.17) is 0 Å². The van der Waals surface area contributed by atoms with E-state index in [2.05, 4.69) is 43.6 Å². The molecule has 0 bridgehead atoms. The monoisotopic (exact) mass is 348 g/mol. The fourth-order valence-corrected chi connectivity index (χ4v) is 3.22. The van der Waals surface area contributed by atoms with Gasteiger partial charge < -0.3 is 9.88 Å². The Hall–Kier alpha value is -1.69. The van der Waals surface area contributed by atoms with Crippen molar-refractivity contribution < 1.29 is 4.79 Å². The maximum absolute atomic E-state index is 12.3. The third kappa shape index (κ3) is 3.00. The van der Waals surface area contributed by atoms with Gasteiger partial charge in [-0.05, 0) is 36.1 Å². The lowest BCUT2D eigenvalue weighted by Crippen LogP contribution is -2.30. The summed E-state index contributed by atoms with van der Waals surface area (Å²) in [6.07, 6.45) is 4.22. The van der Waals surface area contributed by atoms with Gasteiger partial charge in [-0.1, -0.05) is 22.0 Å². The predicted octanol–water partition coefficient (Wildman–Crippen LogP) is 1.97. The summed E-state index contributed by atoms with van der Waals surface area (Å²) in [6, 6.07) is 6.17. The van der Waals surface area contributed by atoms with Gasteiger partial charge in [-0.3, -0.25) is 4.79 Å². The number of rotatable bonds is 4. The smallest absolute Gasteiger partial charge is 0.227 e. The van der Waals surface area contributed by atoms with Crippen LogP contribution < -0.4 is 5.32 Å². The number of carbonyl (C=O) groups is 1. The maximum Gasteiger partial charge on any atom is 0.227 e. The first kappa shape index (κ1) is 14.3. The highest BCUT2D eigenvalue weighted by Gasteiger charge is 2.28. The number of carbonyl (C=O) groups excluding carboxylic acids is 1. The largest absolute Gasteiger partial charge is 0.355 e. The lowest BCUT2D eigenvalue weighted by Gasteiger charge is -2.12. The molecule has 0 saturated carbocycles. The molecule has 6 heteroatoms. The van der Waals surface area contributed by atoms with E-state index in [1.54, 1.807) is 6.33 Å². The van der Waals surface area contributed by atoms with Crippen molar-refractivity contribution in [3.05, 3.63) is 46.0 Å². The molecule has 0 spiro atoms. The van der Waals surface area contributed by atoms with Gasteiger partial charge in [0.25, 0.3) is 0 Å². The van der Waals surface area contributed by atoms with Gasteiger partial charge in [-0.25, -0.2) is 0 Å². The van der Waals surface area contributed by atoms with Crippen molar-refractivity contribution in [1.29, 1.82) is 0 Å². The zero-order chi connectivity index (χ0) is 14.8. The SMILES string of the molecule is Cn1cnnc1CCNC(=O)C1CCc2cc(Br)ccc21. The molecular weight excluding hydrogens is 332 g/mol. The minimum absolute atomic E-state index is 0.0207. The zero-order valence-electron chi connectivity index (χ0n) is 11.8. The number of fused-ring (bicyclic) bond motifs is 1. The van der Waals surface area contributed by atoms with Crippen LogP contribution in [0.1, 0.15) is 29.3 Å². The van der Waals surface area contributed by atoms with Gasteiger partial charge in [0.15, 0.2) is 0 Å². The minimum atomic E-state index is -0.0207. The number of benzene rings is 1. The van der Waals surface area contributed by atoms with E-state index in [0.29, 0.717) is 13.0 Å². The second-order valence-electron chi connectivity index (χ2n) is 5.33. The first-order chi connectivity index (χ1) is 10.1. The Balaban J connectivity index is 1.59. The number of nitrogens with one attached hydrogen (secondary N) is 1. The highest BCUT2D eigenvalue weighted by Crippen LogP contribution is 2.34. The molecule has 1 heterocycles. The van der Waals surface area contributed by atoms with Gasteiger partial charge in [0.1, 0.15) is 12.2 Å². The minimum Gasteiger partial charge on any atom is -0.355 e. The van der Waals surface area contributed by atoms with Crippen LogP contribution in [-0.2, 0) is 24.7 Å². The molecule has 0 fully saturated rings. The van der Waals surface area contributed by atoms with Gasteiger partial charge in [0.05, 0.1) is 5.92 Å². The lowest BCUT2D eigenvalue weighted by atomic mass is 10.0. The van der Waals surface area contributed by atoms with Crippen molar-refractivity contribution >= 4 is 21.8 Å². The molecule has 0 saturated heterocycles. The van der Waals surface area contributed by atoms with E-state index in [1.165, 1.54) is 5.56 Å². The Morgan fingerprint density at radius 1 is 1.52 bits per heavy atom. The molecule has 1 N–H and O–H groups in total. The summed E-state index contributed by atoms with van der Waals surface area (Å²) >= 11 is 3.48. The van der Waals surface area contributed by atoms with E-state index in [-0.39, 0.29) is 11.8 Å². The molecule has 1 aliphatic rings. The molecule has 110 valence electrons. The van der Waals surface area contributed by atoms with E-state index in [0.717, 1.165) is 28.7 Å². The molecule has 1 aromatic carbocycles. The van der Waals surface area contributed by atoms with E-state index in [9.17, 15) is 4.79 Å². The van der Waals surface area contributed by atoms with E-state index >= 15 is 0 Å². The van der Waals surface area contributed by atoms with Crippen LogP contribution in [0.5, 0.6) is 0 Å². The van der Waals surface area contributed by atoms with Crippen LogP contribution in [-0.4, -0.2) is 27.2 Å². The summed E-state index contributed by atoms with van der Waals surface area (Å²) in [6.45, 7) is 0.591. The Morgan fingerprint density at radius 3 is 3.14 bits per heavy atom. The predicted molar refractivity (Wildman–Crippen MR) is 82.9 cm³/mol. The van der Waals surface area contributed by atoms with Crippen LogP contribution >= 0.6 is 15.9 Å². The topological polar surface area (TPSA) is 59.8 Å². The van der Waals surface area contributed by atoms with E-state index in [1.807, 2.05) is 17.7 Å². The standard InChI is InChI=1S/C15H17BrN4O/c1-20-9-18-19-14(20)6-7-17-15(21)13-4-2-10-8-11(16)3-5-12(10)13/h3,5,8-9,13H,2,4,6-7H2,1H3,(H,17,21). The van der Waals surface area contributed by atoms with Crippen LogP contribution in [0.15, 0.2) is 29.0 Å². The molecule has 1 atom stereocenters. The summed E-state index contributed by atoms with van der Waals surface area (Å²) in [4.78, 5) is 12.3. The van der Waals surface area contributed by atoms with Crippen LogP contribution in [0.4, 0.5) is 0 Å². The van der Waals surface area contributed by atoms with Crippen LogP contribution in [0.25, 0.3) is 0 Å². The Morgan fingerprint density at radius 2 is 2.38 bits per heavy atom. The Labute approximate surface area is 131 Å². The normalized spacial score (nSPS) is 16.8. The fraction of sp³-hybridized carbons (Fsp3) is 0.400. The van der Waals surface area contributed by atoms with E-state index < -0.39 is 0 Å². The third-order valence-corrected chi connectivity index (χ3v) is 4.45. The van der Waals surface area contributed by atoms with Crippen LogP contribution in [0.2, 0.25) is 0 Å². The van der Waals surface area contributed by atoms with Crippen molar-refractivity contribution in [2.24, 2.45) is 7.05 Å². The third-order valence-electron chi connectivity index (χ3n) is 3.95. The molecule has 3 rings (SSSR count). The van der Waals surface area contributed by atoms with Crippen LogP contribution in [0.3, 0.4) is 0 Å². The van der Waals surface area contributed by atoms with Crippen molar-refractivity contribution in [2.45, 2.75) is 25.2 Å². The number of amides is 1. The number of aryl methyl sites for hydroxylation is 2. The first-order valence-corrected chi connectivity index (χ1v) is 7.83. The number of hydrogen-bond acceptors (Lipinski definition) is 3. The Kier molecular flexibility index (Phi) is 4.05. The molecule has 21 heavy (non-hydrogen) atoms. The van der Waals surface area contributed by atoms with Gasteiger partial charge in [-0.2, -0.15) is 0 Å². The van der Waals surface area contributed by atoms with Crippen molar-refractivity contribution in [2.75, 3.05) is 6.54 Å². The number of nitrogens with zero attached hydrogens (tertiary/aromatic N) is 3.